The molecule has 2 unspecified atom stereocenters. The first-order valence-electron chi connectivity index (χ1n) is 4.06. The van der Waals surface area contributed by atoms with Gasteiger partial charge in [-0.1, -0.05) is 0 Å². The lowest BCUT2D eigenvalue weighted by Crippen LogP contribution is -2.38. The van der Waals surface area contributed by atoms with Crippen molar-refractivity contribution in [1.82, 2.24) is 5.32 Å². The van der Waals surface area contributed by atoms with Crippen LogP contribution >= 0.6 is 0 Å². The van der Waals surface area contributed by atoms with Gasteiger partial charge in [-0.15, -0.1) is 0 Å². The van der Waals surface area contributed by atoms with E-state index in [0.29, 0.717) is 13.2 Å². The third-order valence-corrected chi connectivity index (χ3v) is 2.15. The van der Waals surface area contributed by atoms with Gasteiger partial charge < -0.3 is 14.8 Å². The quantitative estimate of drug-likeness (QED) is 0.619. The van der Waals surface area contributed by atoms with E-state index < -0.39 is 0 Å². The van der Waals surface area contributed by atoms with Crippen LogP contribution in [0.15, 0.2) is 0 Å². The van der Waals surface area contributed by atoms with Crippen LogP contribution in [-0.4, -0.2) is 45.8 Å². The van der Waals surface area contributed by atoms with E-state index in [1.807, 2.05) is 7.05 Å². The minimum absolute atomic E-state index is 0.0325. The molecular formula is C8H15NO3. The number of hydrogen-bond acceptors (Lipinski definition) is 4. The number of Topliss-reactive ketones (excluding diaryl/α,β-unsaturated/α-hetero) is 1. The Kier molecular flexibility index (Phi) is 3.65. The molecule has 1 N–H and O–H groups in total. The average molecular weight is 173 g/mol. The number of ether oxygens (including phenoxy) is 2. The third kappa shape index (κ3) is 2.03. The number of methoxy groups -OCH3 is 1. The summed E-state index contributed by atoms with van der Waals surface area (Å²) in [5.74, 6) is 0.0873. The van der Waals surface area contributed by atoms with Crippen LogP contribution < -0.4 is 5.32 Å². The van der Waals surface area contributed by atoms with Crippen LogP contribution in [0.25, 0.3) is 0 Å². The van der Waals surface area contributed by atoms with Crippen molar-refractivity contribution in [3.8, 4) is 0 Å². The Morgan fingerprint density at radius 1 is 1.67 bits per heavy atom. The number of carbonyl (C=O) groups is 1. The summed E-state index contributed by atoms with van der Waals surface area (Å²) in [7, 11) is 3.37. The summed E-state index contributed by atoms with van der Waals surface area (Å²) in [4.78, 5) is 11.4. The molecule has 1 fully saturated rings. The topological polar surface area (TPSA) is 47.6 Å². The zero-order valence-electron chi connectivity index (χ0n) is 7.50. The average Bonchev–Trinajstić information content (AvgIpc) is 2.51. The third-order valence-electron chi connectivity index (χ3n) is 2.15. The summed E-state index contributed by atoms with van der Waals surface area (Å²) in [6, 6.07) is 0.160. The second kappa shape index (κ2) is 4.54. The molecule has 0 aromatic carbocycles. The molecule has 12 heavy (non-hydrogen) atoms. The minimum Gasteiger partial charge on any atom is -0.379 e. The standard InChI is InChI=1S/C8H15NO3/c1-9-7-4-12-3-6(7)8(10)5-11-2/h6-7,9H,3-5H2,1-2H3. The van der Waals surface area contributed by atoms with Crippen molar-refractivity contribution in [2.45, 2.75) is 6.04 Å². The van der Waals surface area contributed by atoms with Gasteiger partial charge in [-0.25, -0.2) is 0 Å². The van der Waals surface area contributed by atoms with Gasteiger partial charge in [0.2, 0.25) is 0 Å². The van der Waals surface area contributed by atoms with Gasteiger partial charge in [-0.2, -0.15) is 0 Å². The van der Waals surface area contributed by atoms with Crippen LogP contribution in [-0.2, 0) is 14.3 Å². The van der Waals surface area contributed by atoms with Gasteiger partial charge in [0, 0.05) is 13.2 Å². The Hall–Kier alpha value is -0.450. The molecule has 0 aromatic rings. The van der Waals surface area contributed by atoms with Crippen molar-refractivity contribution in [1.29, 1.82) is 0 Å². The molecule has 0 aromatic heterocycles. The van der Waals surface area contributed by atoms with Gasteiger partial charge >= 0.3 is 0 Å². The summed E-state index contributed by atoms with van der Waals surface area (Å²) < 4.78 is 9.97. The molecule has 1 aliphatic rings. The van der Waals surface area contributed by atoms with Crippen molar-refractivity contribution in [3.05, 3.63) is 0 Å². The Morgan fingerprint density at radius 3 is 3.00 bits per heavy atom. The molecule has 2 atom stereocenters. The highest BCUT2D eigenvalue weighted by Crippen LogP contribution is 2.14. The lowest BCUT2D eigenvalue weighted by Gasteiger charge is -2.14. The molecule has 0 spiro atoms. The van der Waals surface area contributed by atoms with E-state index >= 15 is 0 Å². The largest absolute Gasteiger partial charge is 0.379 e. The van der Waals surface area contributed by atoms with Crippen LogP contribution in [0.4, 0.5) is 0 Å². The number of likely N-dealkylation sites (N-methyl/N-ethyl adjacent to an activating group) is 1. The zero-order valence-corrected chi connectivity index (χ0v) is 7.50. The summed E-state index contributed by atoms with van der Waals surface area (Å²) in [6.07, 6.45) is 0. The lowest BCUT2D eigenvalue weighted by atomic mass is 9.99. The smallest absolute Gasteiger partial charge is 0.165 e. The molecular weight excluding hydrogens is 158 g/mol. The lowest BCUT2D eigenvalue weighted by molar-refractivity contribution is -0.126. The predicted octanol–water partition coefficient (Wildman–Crippen LogP) is -0.564. The van der Waals surface area contributed by atoms with Crippen LogP contribution in [0, 0.1) is 5.92 Å². The Labute approximate surface area is 72.2 Å². The summed E-state index contributed by atoms with van der Waals surface area (Å²) >= 11 is 0. The fourth-order valence-electron chi connectivity index (χ4n) is 1.41. The van der Waals surface area contributed by atoms with E-state index in [1.54, 1.807) is 0 Å². The molecule has 1 saturated heterocycles. The summed E-state index contributed by atoms with van der Waals surface area (Å²) in [5.41, 5.74) is 0. The minimum atomic E-state index is -0.0325. The number of nitrogens with one attached hydrogen (secondary N) is 1. The van der Waals surface area contributed by atoms with Crippen molar-refractivity contribution >= 4 is 5.78 Å². The number of carbonyl (C=O) groups excluding carboxylic acids is 1. The molecule has 0 radical (unpaired) electrons. The second-order valence-electron chi connectivity index (χ2n) is 2.94. The molecule has 0 bridgehead atoms. The number of hydrogen-bond donors (Lipinski definition) is 1. The fourth-order valence-corrected chi connectivity index (χ4v) is 1.41. The monoisotopic (exact) mass is 173 g/mol. The molecule has 1 rings (SSSR count). The highest BCUT2D eigenvalue weighted by molar-refractivity contribution is 5.83. The predicted molar refractivity (Wildman–Crippen MR) is 44.0 cm³/mol. The molecule has 4 heteroatoms. The molecule has 0 amide bonds. The van der Waals surface area contributed by atoms with E-state index in [2.05, 4.69) is 5.32 Å². The van der Waals surface area contributed by atoms with Gasteiger partial charge in [0.1, 0.15) is 6.61 Å². The molecule has 1 aliphatic heterocycles. The van der Waals surface area contributed by atoms with E-state index in [-0.39, 0.29) is 24.3 Å². The van der Waals surface area contributed by atoms with Crippen LogP contribution in [0.5, 0.6) is 0 Å². The molecule has 1 heterocycles. The molecule has 0 saturated carbocycles. The second-order valence-corrected chi connectivity index (χ2v) is 2.94. The van der Waals surface area contributed by atoms with Gasteiger partial charge in [-0.05, 0) is 7.05 Å². The van der Waals surface area contributed by atoms with Crippen LogP contribution in [0.3, 0.4) is 0 Å². The zero-order chi connectivity index (χ0) is 8.97. The van der Waals surface area contributed by atoms with Gasteiger partial charge in [0.15, 0.2) is 5.78 Å². The summed E-state index contributed by atoms with van der Waals surface area (Å²) in [5, 5.41) is 3.05. The Bertz CT molecular complexity index is 160. The molecule has 4 nitrogen and oxygen atoms in total. The number of ketones is 1. The SMILES string of the molecule is CNC1COCC1C(=O)COC. The Balaban J connectivity index is 2.43. The van der Waals surface area contributed by atoms with E-state index in [0.717, 1.165) is 0 Å². The van der Waals surface area contributed by atoms with Crippen molar-refractivity contribution in [2.24, 2.45) is 5.92 Å². The van der Waals surface area contributed by atoms with Gasteiger partial charge in [0.25, 0.3) is 0 Å². The molecule has 0 aliphatic carbocycles. The van der Waals surface area contributed by atoms with Crippen molar-refractivity contribution < 1.29 is 14.3 Å². The fraction of sp³-hybridized carbons (Fsp3) is 0.875. The first-order valence-corrected chi connectivity index (χ1v) is 4.06. The van der Waals surface area contributed by atoms with Crippen LogP contribution in [0.2, 0.25) is 0 Å². The number of rotatable bonds is 4. The van der Waals surface area contributed by atoms with Crippen molar-refractivity contribution in [3.63, 3.8) is 0 Å². The van der Waals surface area contributed by atoms with Crippen molar-refractivity contribution in [2.75, 3.05) is 34.0 Å². The van der Waals surface area contributed by atoms with Gasteiger partial charge in [-0.3, -0.25) is 4.79 Å². The van der Waals surface area contributed by atoms with E-state index in [4.69, 9.17) is 9.47 Å². The first-order chi connectivity index (χ1) is 5.79. The maximum absolute atomic E-state index is 11.4. The molecule has 70 valence electrons. The summed E-state index contributed by atoms with van der Waals surface area (Å²) in [6.45, 7) is 1.33. The maximum Gasteiger partial charge on any atom is 0.165 e. The first kappa shape index (κ1) is 9.64. The van der Waals surface area contributed by atoms with E-state index in [1.165, 1.54) is 7.11 Å². The Morgan fingerprint density at radius 2 is 2.42 bits per heavy atom. The van der Waals surface area contributed by atoms with Gasteiger partial charge in [0.05, 0.1) is 19.1 Å². The highest BCUT2D eigenvalue weighted by atomic mass is 16.5. The normalized spacial score (nSPS) is 29.2. The van der Waals surface area contributed by atoms with Crippen LogP contribution in [0.1, 0.15) is 0 Å². The maximum atomic E-state index is 11.4. The highest BCUT2D eigenvalue weighted by Gasteiger charge is 2.32. The van der Waals surface area contributed by atoms with E-state index in [9.17, 15) is 4.79 Å².